The van der Waals surface area contributed by atoms with E-state index in [-0.39, 0.29) is 5.56 Å². The van der Waals surface area contributed by atoms with E-state index in [2.05, 4.69) is 16.9 Å². The Balaban J connectivity index is 1.85. The van der Waals surface area contributed by atoms with Crippen molar-refractivity contribution < 1.29 is 0 Å². The molecule has 0 N–H and O–H groups in total. The van der Waals surface area contributed by atoms with Gasteiger partial charge in [0.05, 0.1) is 5.52 Å². The molecule has 126 valence electrons. The maximum absolute atomic E-state index is 13.0. The molecule has 0 aliphatic rings. The lowest BCUT2D eigenvalue weighted by Gasteiger charge is -2.09. The fourth-order valence-electron chi connectivity index (χ4n) is 3.22. The first-order valence-electron chi connectivity index (χ1n) is 8.21. The summed E-state index contributed by atoms with van der Waals surface area (Å²) in [6.45, 7) is 6.53. The lowest BCUT2D eigenvalue weighted by atomic mass is 10.1. The van der Waals surface area contributed by atoms with Crippen LogP contribution in [0.2, 0.25) is 0 Å². The molecule has 0 radical (unpaired) electrons. The average molecular weight is 350 g/mol. The van der Waals surface area contributed by atoms with E-state index >= 15 is 0 Å². The molecule has 0 atom stereocenters. The quantitative estimate of drug-likeness (QED) is 0.567. The minimum atomic E-state index is 0.0246. The third-order valence-electron chi connectivity index (χ3n) is 4.44. The predicted octanol–water partition coefficient (Wildman–Crippen LogP) is 3.57. The van der Waals surface area contributed by atoms with Gasteiger partial charge in [-0.2, -0.15) is 0 Å². The fourth-order valence-corrected chi connectivity index (χ4v) is 4.40. The topological polar surface area (TPSA) is 60.7 Å². The summed E-state index contributed by atoms with van der Waals surface area (Å²) in [7, 11) is 0. The molecule has 0 amide bonds. The Kier molecular flexibility index (Phi) is 3.84. The second-order valence-corrected chi connectivity index (χ2v) is 7.26. The molecule has 0 aliphatic heterocycles. The zero-order valence-electron chi connectivity index (χ0n) is 14.4. The molecule has 0 saturated heterocycles. The molecule has 6 heteroatoms. The number of aryl methyl sites for hydroxylation is 4. The number of hydrogen-bond donors (Lipinski definition) is 0. The number of pyridine rings is 2. The predicted molar refractivity (Wildman–Crippen MR) is 101 cm³/mol. The van der Waals surface area contributed by atoms with Gasteiger partial charge in [0.25, 0.3) is 5.56 Å². The van der Waals surface area contributed by atoms with Crippen LogP contribution in [0.1, 0.15) is 22.6 Å². The van der Waals surface area contributed by atoms with Crippen molar-refractivity contribution in [2.24, 2.45) is 0 Å². The molecule has 0 saturated carbocycles. The van der Waals surface area contributed by atoms with Crippen LogP contribution < -0.4 is 5.56 Å². The Morgan fingerprint density at radius 1 is 1.12 bits per heavy atom. The normalized spacial score (nSPS) is 11.5. The van der Waals surface area contributed by atoms with Gasteiger partial charge >= 0.3 is 0 Å². The van der Waals surface area contributed by atoms with Gasteiger partial charge < -0.3 is 0 Å². The van der Waals surface area contributed by atoms with Gasteiger partial charge in [-0.3, -0.25) is 14.3 Å². The Labute approximate surface area is 149 Å². The lowest BCUT2D eigenvalue weighted by Crippen LogP contribution is -2.24. The van der Waals surface area contributed by atoms with E-state index in [4.69, 9.17) is 4.98 Å². The van der Waals surface area contributed by atoms with Crippen molar-refractivity contribution in [3.05, 3.63) is 63.6 Å². The summed E-state index contributed by atoms with van der Waals surface area (Å²) in [5.41, 5.74) is 4.05. The van der Waals surface area contributed by atoms with Gasteiger partial charge in [-0.1, -0.05) is 0 Å². The van der Waals surface area contributed by atoms with Crippen molar-refractivity contribution in [3.63, 3.8) is 0 Å². The van der Waals surface area contributed by atoms with Crippen molar-refractivity contribution in [3.8, 4) is 0 Å². The smallest absolute Gasteiger partial charge is 0.271 e. The van der Waals surface area contributed by atoms with E-state index in [0.717, 1.165) is 44.8 Å². The molecule has 4 heterocycles. The van der Waals surface area contributed by atoms with E-state index in [0.29, 0.717) is 11.2 Å². The highest BCUT2D eigenvalue weighted by Crippen LogP contribution is 2.32. The summed E-state index contributed by atoms with van der Waals surface area (Å²) in [4.78, 5) is 27.3. The summed E-state index contributed by atoms with van der Waals surface area (Å²) in [5.74, 6) is 0.742. The largest absolute Gasteiger partial charge is 0.295 e. The van der Waals surface area contributed by atoms with Crippen LogP contribution in [0.25, 0.3) is 20.4 Å². The third kappa shape index (κ3) is 2.72. The molecule has 0 aliphatic carbocycles. The van der Waals surface area contributed by atoms with E-state index in [1.165, 1.54) is 11.3 Å². The standard InChI is InChI=1S/C19H18N4OS/c1-11-10-12(2)21-18-15(11)16-17(25-18)19(24)23(13(3)22-16)9-6-14-4-7-20-8-5-14/h4-5,7-8,10H,6,9H2,1-3H3. The summed E-state index contributed by atoms with van der Waals surface area (Å²) in [5, 5.41) is 1.01. The van der Waals surface area contributed by atoms with Gasteiger partial charge in [0.1, 0.15) is 15.4 Å². The van der Waals surface area contributed by atoms with Gasteiger partial charge in [0.15, 0.2) is 0 Å². The number of nitrogens with zero attached hydrogens (tertiary/aromatic N) is 4. The highest BCUT2D eigenvalue weighted by molar-refractivity contribution is 7.25. The molecule has 0 unspecified atom stereocenters. The molecule has 4 rings (SSSR count). The van der Waals surface area contributed by atoms with Crippen LogP contribution in [0.4, 0.5) is 0 Å². The minimum Gasteiger partial charge on any atom is -0.295 e. The highest BCUT2D eigenvalue weighted by atomic mass is 32.1. The Bertz CT molecular complexity index is 1150. The number of aromatic nitrogens is 4. The summed E-state index contributed by atoms with van der Waals surface area (Å²) >= 11 is 1.44. The summed E-state index contributed by atoms with van der Waals surface area (Å²) < 4.78 is 2.46. The van der Waals surface area contributed by atoms with E-state index in [1.807, 2.05) is 32.0 Å². The van der Waals surface area contributed by atoms with Crippen molar-refractivity contribution in [1.29, 1.82) is 0 Å². The van der Waals surface area contributed by atoms with E-state index < -0.39 is 0 Å². The molecular formula is C19H18N4OS. The Hall–Kier alpha value is -2.60. The van der Waals surface area contributed by atoms with Crippen molar-refractivity contribution >= 4 is 31.8 Å². The zero-order valence-corrected chi connectivity index (χ0v) is 15.2. The Morgan fingerprint density at radius 3 is 2.64 bits per heavy atom. The van der Waals surface area contributed by atoms with E-state index in [9.17, 15) is 4.79 Å². The molecule has 4 aromatic heterocycles. The first kappa shape index (κ1) is 15.9. The second kappa shape index (κ2) is 6.04. The third-order valence-corrected chi connectivity index (χ3v) is 5.50. The number of rotatable bonds is 3. The molecule has 4 aromatic rings. The van der Waals surface area contributed by atoms with Crippen LogP contribution in [0.3, 0.4) is 0 Å². The number of hydrogen-bond acceptors (Lipinski definition) is 5. The fraction of sp³-hybridized carbons (Fsp3) is 0.263. The Morgan fingerprint density at radius 2 is 1.88 bits per heavy atom. The van der Waals surface area contributed by atoms with Gasteiger partial charge in [0, 0.05) is 30.0 Å². The molecule has 0 aromatic carbocycles. The maximum atomic E-state index is 13.0. The minimum absolute atomic E-state index is 0.0246. The van der Waals surface area contributed by atoms with Crippen molar-refractivity contribution in [2.45, 2.75) is 33.7 Å². The van der Waals surface area contributed by atoms with Gasteiger partial charge in [-0.05, 0) is 56.5 Å². The second-order valence-electron chi connectivity index (χ2n) is 6.26. The molecule has 0 bridgehead atoms. The van der Waals surface area contributed by atoms with Crippen LogP contribution >= 0.6 is 11.3 Å². The summed E-state index contributed by atoms with van der Waals surface area (Å²) in [6.07, 6.45) is 4.32. The van der Waals surface area contributed by atoms with Crippen molar-refractivity contribution in [2.75, 3.05) is 0 Å². The van der Waals surface area contributed by atoms with E-state index in [1.54, 1.807) is 17.0 Å². The van der Waals surface area contributed by atoms with Crippen LogP contribution in [-0.2, 0) is 13.0 Å². The maximum Gasteiger partial charge on any atom is 0.271 e. The monoisotopic (exact) mass is 350 g/mol. The van der Waals surface area contributed by atoms with Gasteiger partial charge in [0.2, 0.25) is 0 Å². The molecule has 0 spiro atoms. The zero-order chi connectivity index (χ0) is 17.6. The van der Waals surface area contributed by atoms with Crippen LogP contribution in [0, 0.1) is 20.8 Å². The molecular weight excluding hydrogens is 332 g/mol. The first-order valence-corrected chi connectivity index (χ1v) is 9.03. The average Bonchev–Trinajstić information content (AvgIpc) is 2.94. The number of fused-ring (bicyclic) bond motifs is 3. The van der Waals surface area contributed by atoms with Crippen LogP contribution in [-0.4, -0.2) is 19.5 Å². The van der Waals surface area contributed by atoms with Gasteiger partial charge in [-0.15, -0.1) is 11.3 Å². The summed E-state index contributed by atoms with van der Waals surface area (Å²) in [6, 6.07) is 5.99. The molecule has 0 fully saturated rings. The van der Waals surface area contributed by atoms with Crippen LogP contribution in [0.5, 0.6) is 0 Å². The first-order chi connectivity index (χ1) is 12.0. The lowest BCUT2D eigenvalue weighted by molar-refractivity contribution is 0.639. The SMILES string of the molecule is Cc1cc(C)c2c(n1)sc1c(=O)n(CCc3ccncc3)c(C)nc12. The van der Waals surface area contributed by atoms with Crippen molar-refractivity contribution in [1.82, 2.24) is 19.5 Å². The molecule has 25 heavy (non-hydrogen) atoms. The molecule has 5 nitrogen and oxygen atoms in total. The number of thiophene rings is 1. The van der Waals surface area contributed by atoms with Crippen LogP contribution in [0.15, 0.2) is 35.4 Å². The van der Waals surface area contributed by atoms with Gasteiger partial charge in [-0.25, -0.2) is 9.97 Å². The highest BCUT2D eigenvalue weighted by Gasteiger charge is 2.16.